The van der Waals surface area contributed by atoms with Crippen LogP contribution < -0.4 is 10.6 Å². The van der Waals surface area contributed by atoms with Crippen molar-refractivity contribution >= 4 is 29.2 Å². The average molecular weight is 430 g/mol. The van der Waals surface area contributed by atoms with Crippen LogP contribution in [0, 0.1) is 11.3 Å². The fraction of sp³-hybridized carbons (Fsp3) is 0.478. The molecule has 0 heterocycles. The van der Waals surface area contributed by atoms with Gasteiger partial charge < -0.3 is 26.3 Å². The standard InChI is InChI=1S/C23H31N3O5/c1-14(24)12-19(27)13-20(28)25-18-10-8-16(9-11-18)15-4-6-17(7-5-15)21(29)26-23(2,3)22(30)31/h8-12,15,17,24,27H,4-7,13H2,1-3H3,(H,25,28)(H,26,29)(H,30,31)/b19-12-,24-14?/t15-,17+. The molecular formula is C23H31N3O5. The topological polar surface area (TPSA) is 140 Å². The summed E-state index contributed by atoms with van der Waals surface area (Å²) in [5, 5.41) is 31.4. The first-order chi connectivity index (χ1) is 14.5. The molecule has 0 saturated heterocycles. The lowest BCUT2D eigenvalue weighted by molar-refractivity contribution is -0.146. The molecule has 0 aliphatic heterocycles. The van der Waals surface area contributed by atoms with Crippen LogP contribution in [0.15, 0.2) is 36.1 Å². The summed E-state index contributed by atoms with van der Waals surface area (Å²) in [6.45, 7) is 4.47. The second-order valence-corrected chi connectivity index (χ2v) is 8.63. The van der Waals surface area contributed by atoms with Crippen LogP contribution >= 0.6 is 0 Å². The SMILES string of the molecule is CC(=N)/C=C(\O)CC(=O)Nc1ccc([C@H]2CC[C@@H](C(=O)NC(C)(C)C(=O)O)CC2)cc1. The van der Waals surface area contributed by atoms with E-state index in [4.69, 9.17) is 10.5 Å². The van der Waals surface area contributed by atoms with Crippen molar-refractivity contribution in [3.63, 3.8) is 0 Å². The monoisotopic (exact) mass is 429 g/mol. The quantitative estimate of drug-likeness (QED) is 0.316. The summed E-state index contributed by atoms with van der Waals surface area (Å²) in [7, 11) is 0. The van der Waals surface area contributed by atoms with Crippen LogP contribution in [0.5, 0.6) is 0 Å². The van der Waals surface area contributed by atoms with Crippen LogP contribution in [-0.2, 0) is 14.4 Å². The van der Waals surface area contributed by atoms with E-state index in [2.05, 4.69) is 10.6 Å². The molecule has 1 aliphatic rings. The number of aliphatic hydroxyl groups excluding tert-OH is 1. The summed E-state index contributed by atoms with van der Waals surface area (Å²) in [5.41, 5.74) is 0.647. The molecule has 1 fully saturated rings. The van der Waals surface area contributed by atoms with Crippen molar-refractivity contribution < 1.29 is 24.6 Å². The molecule has 5 N–H and O–H groups in total. The third kappa shape index (κ3) is 7.24. The number of carboxylic acid groups (broad SMARTS) is 1. The second kappa shape index (κ2) is 10.2. The molecule has 0 atom stereocenters. The molecule has 0 bridgehead atoms. The second-order valence-electron chi connectivity index (χ2n) is 8.63. The van der Waals surface area contributed by atoms with Gasteiger partial charge >= 0.3 is 5.97 Å². The summed E-state index contributed by atoms with van der Waals surface area (Å²) < 4.78 is 0. The van der Waals surface area contributed by atoms with Crippen molar-refractivity contribution in [1.82, 2.24) is 5.32 Å². The molecule has 2 rings (SSSR count). The first-order valence-corrected chi connectivity index (χ1v) is 10.4. The number of rotatable bonds is 8. The molecule has 1 saturated carbocycles. The van der Waals surface area contributed by atoms with Gasteiger partial charge in [-0.15, -0.1) is 0 Å². The number of allylic oxidation sites excluding steroid dienone is 1. The number of hydrogen-bond acceptors (Lipinski definition) is 5. The molecule has 168 valence electrons. The minimum Gasteiger partial charge on any atom is -0.512 e. The van der Waals surface area contributed by atoms with Crippen LogP contribution in [0.1, 0.15) is 64.4 Å². The zero-order valence-corrected chi connectivity index (χ0v) is 18.2. The van der Waals surface area contributed by atoms with Crippen LogP contribution in [-0.4, -0.2) is 39.2 Å². The smallest absolute Gasteiger partial charge is 0.328 e. The van der Waals surface area contributed by atoms with Gasteiger partial charge in [0.2, 0.25) is 11.8 Å². The van der Waals surface area contributed by atoms with E-state index in [0.29, 0.717) is 24.4 Å². The van der Waals surface area contributed by atoms with E-state index in [1.165, 1.54) is 26.8 Å². The number of anilines is 1. The normalized spacial score (nSPS) is 19.4. The highest BCUT2D eigenvalue weighted by Gasteiger charge is 2.33. The number of amides is 2. The van der Waals surface area contributed by atoms with Crippen molar-refractivity contribution in [1.29, 1.82) is 5.41 Å². The Morgan fingerprint density at radius 3 is 2.19 bits per heavy atom. The fourth-order valence-corrected chi connectivity index (χ4v) is 3.66. The summed E-state index contributed by atoms with van der Waals surface area (Å²) in [6, 6.07) is 7.52. The fourth-order valence-electron chi connectivity index (χ4n) is 3.66. The van der Waals surface area contributed by atoms with Crippen molar-refractivity contribution in [3.8, 4) is 0 Å². The molecule has 0 spiro atoms. The number of aliphatic hydroxyl groups is 1. The van der Waals surface area contributed by atoms with Gasteiger partial charge in [-0.1, -0.05) is 12.1 Å². The van der Waals surface area contributed by atoms with Gasteiger partial charge in [-0.2, -0.15) is 0 Å². The van der Waals surface area contributed by atoms with Gasteiger partial charge in [0.25, 0.3) is 0 Å². The molecule has 1 aromatic carbocycles. The van der Waals surface area contributed by atoms with Crippen molar-refractivity contribution in [2.24, 2.45) is 5.92 Å². The molecule has 1 aliphatic carbocycles. The Morgan fingerprint density at radius 1 is 1.10 bits per heavy atom. The molecule has 31 heavy (non-hydrogen) atoms. The lowest BCUT2D eigenvalue weighted by Gasteiger charge is -2.30. The van der Waals surface area contributed by atoms with Crippen LogP contribution in [0.25, 0.3) is 0 Å². The summed E-state index contributed by atoms with van der Waals surface area (Å²) in [4.78, 5) is 35.6. The van der Waals surface area contributed by atoms with E-state index in [-0.39, 0.29) is 35.6 Å². The Balaban J connectivity index is 1.87. The molecule has 8 nitrogen and oxygen atoms in total. The van der Waals surface area contributed by atoms with E-state index in [0.717, 1.165) is 18.4 Å². The third-order valence-electron chi connectivity index (χ3n) is 5.46. The number of nitrogens with one attached hydrogen (secondary N) is 3. The molecular weight excluding hydrogens is 398 g/mol. The minimum absolute atomic E-state index is 0.158. The first kappa shape index (κ1) is 24.1. The Labute approximate surface area is 182 Å². The van der Waals surface area contributed by atoms with Gasteiger partial charge in [-0.3, -0.25) is 9.59 Å². The highest BCUT2D eigenvalue weighted by Crippen LogP contribution is 2.36. The lowest BCUT2D eigenvalue weighted by atomic mass is 9.78. The van der Waals surface area contributed by atoms with Gasteiger partial charge in [-0.05, 0) is 76.1 Å². The molecule has 8 heteroatoms. The maximum Gasteiger partial charge on any atom is 0.328 e. The Kier molecular flexibility index (Phi) is 7.96. The molecule has 0 radical (unpaired) electrons. The number of carbonyl (C=O) groups is 3. The Hall–Kier alpha value is -3.16. The number of carboxylic acids is 1. The van der Waals surface area contributed by atoms with E-state index in [1.54, 1.807) is 0 Å². The Bertz CT molecular complexity index is 866. The lowest BCUT2D eigenvalue weighted by Crippen LogP contribution is -2.51. The Morgan fingerprint density at radius 2 is 1.68 bits per heavy atom. The van der Waals surface area contributed by atoms with E-state index in [9.17, 15) is 19.5 Å². The molecule has 0 unspecified atom stereocenters. The van der Waals surface area contributed by atoms with Crippen molar-refractivity contribution in [2.45, 2.75) is 64.3 Å². The minimum atomic E-state index is -1.28. The average Bonchev–Trinajstić information content (AvgIpc) is 2.67. The van der Waals surface area contributed by atoms with Gasteiger partial charge in [0, 0.05) is 17.3 Å². The highest BCUT2D eigenvalue weighted by atomic mass is 16.4. The predicted octanol–water partition coefficient (Wildman–Crippen LogP) is 3.75. The number of aliphatic carboxylic acids is 1. The summed E-state index contributed by atoms with van der Waals surface area (Å²) in [6.07, 6.45) is 4.11. The van der Waals surface area contributed by atoms with E-state index in [1.807, 2.05) is 24.3 Å². The number of carbonyl (C=O) groups excluding carboxylic acids is 2. The molecule has 1 aromatic rings. The van der Waals surface area contributed by atoms with Gasteiger partial charge in [-0.25, -0.2) is 4.79 Å². The summed E-state index contributed by atoms with van der Waals surface area (Å²) in [5.74, 6) is -1.66. The zero-order valence-electron chi connectivity index (χ0n) is 18.2. The molecule has 2 amide bonds. The van der Waals surface area contributed by atoms with Crippen molar-refractivity contribution in [3.05, 3.63) is 41.7 Å². The van der Waals surface area contributed by atoms with Gasteiger partial charge in [0.1, 0.15) is 11.3 Å². The highest BCUT2D eigenvalue weighted by molar-refractivity contribution is 5.94. The zero-order chi connectivity index (χ0) is 23.2. The van der Waals surface area contributed by atoms with Crippen LogP contribution in [0.3, 0.4) is 0 Å². The maximum absolute atomic E-state index is 12.4. The molecule has 0 aromatic heterocycles. The number of benzene rings is 1. The van der Waals surface area contributed by atoms with Crippen LogP contribution in [0.2, 0.25) is 0 Å². The van der Waals surface area contributed by atoms with E-state index < -0.39 is 11.5 Å². The first-order valence-electron chi connectivity index (χ1n) is 10.4. The van der Waals surface area contributed by atoms with Crippen molar-refractivity contribution in [2.75, 3.05) is 5.32 Å². The third-order valence-corrected chi connectivity index (χ3v) is 5.46. The van der Waals surface area contributed by atoms with E-state index >= 15 is 0 Å². The van der Waals surface area contributed by atoms with Gasteiger partial charge in [0.05, 0.1) is 6.42 Å². The largest absolute Gasteiger partial charge is 0.512 e. The van der Waals surface area contributed by atoms with Gasteiger partial charge in [0.15, 0.2) is 0 Å². The maximum atomic E-state index is 12.4. The number of hydrogen-bond donors (Lipinski definition) is 5. The van der Waals surface area contributed by atoms with Crippen LogP contribution in [0.4, 0.5) is 5.69 Å². The predicted molar refractivity (Wildman–Crippen MR) is 118 cm³/mol. The summed E-state index contributed by atoms with van der Waals surface area (Å²) >= 11 is 0.